The van der Waals surface area contributed by atoms with Gasteiger partial charge in [-0.3, -0.25) is 0 Å². The van der Waals surface area contributed by atoms with Gasteiger partial charge in [-0.25, -0.2) is 4.85 Å². The van der Waals surface area contributed by atoms with Crippen LogP contribution in [-0.4, -0.2) is 0 Å². The first-order valence-electron chi connectivity index (χ1n) is 3.08. The summed E-state index contributed by atoms with van der Waals surface area (Å²) in [6.45, 7) is 8.61. The second kappa shape index (κ2) is 2.81. The van der Waals surface area contributed by atoms with Gasteiger partial charge >= 0.3 is 0 Å². The average molecular weight is 167 g/mol. The van der Waals surface area contributed by atoms with E-state index in [1.165, 1.54) is 0 Å². The smallest absolute Gasteiger partial charge is 0.192 e. The van der Waals surface area contributed by atoms with Crippen LogP contribution >= 0.6 is 11.6 Å². The normalized spacial score (nSPS) is 9.18. The fraction of sp³-hybridized carbons (Fsp3) is 0.125. The fourth-order valence-electron chi connectivity index (χ4n) is 0.798. The molecule has 0 radical (unpaired) electrons. The van der Waals surface area contributed by atoms with Crippen molar-refractivity contribution in [3.05, 3.63) is 34.1 Å². The number of nitrogens with two attached hydrogens (primary N) is 1. The monoisotopic (exact) mass is 166 g/mol. The van der Waals surface area contributed by atoms with E-state index < -0.39 is 0 Å². The van der Waals surface area contributed by atoms with E-state index in [1.807, 2.05) is 6.92 Å². The standard InChI is InChI=1S/C8H7ClN2/c1-5-3-6(9)7(10)4-8(5)11-2/h3-4H,10H2,1H3. The maximum atomic E-state index is 6.78. The summed E-state index contributed by atoms with van der Waals surface area (Å²) in [5.41, 5.74) is 7.37. The Labute approximate surface area is 70.4 Å². The molecule has 0 aliphatic rings. The summed E-state index contributed by atoms with van der Waals surface area (Å²) < 4.78 is 0. The number of hydrogen-bond acceptors (Lipinski definition) is 1. The summed E-state index contributed by atoms with van der Waals surface area (Å²) in [5, 5.41) is 0.509. The lowest BCUT2D eigenvalue weighted by atomic mass is 10.2. The van der Waals surface area contributed by atoms with Crippen molar-refractivity contribution in [2.75, 3.05) is 5.73 Å². The van der Waals surface area contributed by atoms with Crippen LogP contribution in [0.25, 0.3) is 4.85 Å². The van der Waals surface area contributed by atoms with E-state index in [-0.39, 0.29) is 0 Å². The Morgan fingerprint density at radius 1 is 1.55 bits per heavy atom. The molecule has 0 unspecified atom stereocenters. The zero-order valence-electron chi connectivity index (χ0n) is 6.06. The lowest BCUT2D eigenvalue weighted by Gasteiger charge is -2.00. The lowest BCUT2D eigenvalue weighted by molar-refractivity contribution is 1.49. The van der Waals surface area contributed by atoms with Crippen LogP contribution < -0.4 is 5.73 Å². The molecule has 0 bridgehead atoms. The highest BCUT2D eigenvalue weighted by Crippen LogP contribution is 2.28. The van der Waals surface area contributed by atoms with Gasteiger partial charge in [-0.15, -0.1) is 0 Å². The molecule has 1 rings (SSSR count). The van der Waals surface area contributed by atoms with Crippen LogP contribution in [0.5, 0.6) is 0 Å². The molecule has 2 nitrogen and oxygen atoms in total. The molecular formula is C8H7ClN2. The zero-order valence-corrected chi connectivity index (χ0v) is 6.81. The number of hydrogen-bond donors (Lipinski definition) is 1. The van der Waals surface area contributed by atoms with Crippen LogP contribution in [0.2, 0.25) is 5.02 Å². The molecule has 0 spiro atoms. The number of aryl methyl sites for hydroxylation is 1. The highest BCUT2D eigenvalue weighted by molar-refractivity contribution is 6.33. The molecule has 0 saturated carbocycles. The van der Waals surface area contributed by atoms with Crippen molar-refractivity contribution >= 4 is 23.0 Å². The van der Waals surface area contributed by atoms with Gasteiger partial charge in [0.15, 0.2) is 5.69 Å². The molecule has 2 N–H and O–H groups in total. The second-order valence-corrected chi connectivity index (χ2v) is 2.68. The van der Waals surface area contributed by atoms with Gasteiger partial charge in [0.2, 0.25) is 0 Å². The number of rotatable bonds is 0. The maximum Gasteiger partial charge on any atom is 0.192 e. The molecule has 56 valence electrons. The molecule has 1 aromatic carbocycles. The summed E-state index contributed by atoms with van der Waals surface area (Å²) in [6.07, 6.45) is 0. The summed E-state index contributed by atoms with van der Waals surface area (Å²) in [7, 11) is 0. The van der Waals surface area contributed by atoms with Gasteiger partial charge in [-0.1, -0.05) is 11.6 Å². The van der Waals surface area contributed by atoms with Crippen molar-refractivity contribution in [3.8, 4) is 0 Å². The number of nitrogens with zero attached hydrogens (tertiary/aromatic N) is 1. The molecule has 0 aliphatic heterocycles. The van der Waals surface area contributed by atoms with E-state index in [4.69, 9.17) is 23.9 Å². The predicted molar refractivity (Wildman–Crippen MR) is 46.9 cm³/mol. The van der Waals surface area contributed by atoms with Crippen LogP contribution in [-0.2, 0) is 0 Å². The van der Waals surface area contributed by atoms with Gasteiger partial charge < -0.3 is 5.73 Å². The van der Waals surface area contributed by atoms with Gasteiger partial charge in [0, 0.05) is 5.69 Å². The minimum Gasteiger partial charge on any atom is -0.399 e. The Kier molecular flexibility index (Phi) is 2.02. The van der Waals surface area contributed by atoms with Crippen molar-refractivity contribution in [1.29, 1.82) is 0 Å². The molecule has 0 heterocycles. The highest BCUT2D eigenvalue weighted by atomic mass is 35.5. The first-order valence-corrected chi connectivity index (χ1v) is 3.46. The largest absolute Gasteiger partial charge is 0.399 e. The summed E-state index contributed by atoms with van der Waals surface area (Å²) in [6, 6.07) is 3.29. The minimum absolute atomic E-state index is 0.461. The molecule has 3 heteroatoms. The number of anilines is 1. The van der Waals surface area contributed by atoms with Crippen molar-refractivity contribution in [1.82, 2.24) is 0 Å². The van der Waals surface area contributed by atoms with Crippen LogP contribution in [0.15, 0.2) is 12.1 Å². The quantitative estimate of drug-likeness (QED) is 0.466. The number of benzene rings is 1. The van der Waals surface area contributed by atoms with Crippen LogP contribution in [0.4, 0.5) is 11.4 Å². The van der Waals surface area contributed by atoms with Crippen LogP contribution in [0, 0.1) is 13.5 Å². The molecule has 0 aliphatic carbocycles. The van der Waals surface area contributed by atoms with Crippen molar-refractivity contribution < 1.29 is 0 Å². The van der Waals surface area contributed by atoms with Gasteiger partial charge in [-0.2, -0.15) is 0 Å². The Morgan fingerprint density at radius 2 is 2.18 bits per heavy atom. The molecule has 0 aromatic heterocycles. The Morgan fingerprint density at radius 3 is 2.73 bits per heavy atom. The van der Waals surface area contributed by atoms with E-state index in [0.29, 0.717) is 16.4 Å². The van der Waals surface area contributed by atoms with E-state index in [2.05, 4.69) is 4.85 Å². The highest BCUT2D eigenvalue weighted by Gasteiger charge is 2.01. The molecule has 0 atom stereocenters. The van der Waals surface area contributed by atoms with E-state index in [0.717, 1.165) is 5.56 Å². The summed E-state index contributed by atoms with van der Waals surface area (Å²) in [4.78, 5) is 3.28. The summed E-state index contributed by atoms with van der Waals surface area (Å²) in [5.74, 6) is 0. The Hall–Kier alpha value is -1.20. The third-order valence-corrected chi connectivity index (χ3v) is 1.76. The SMILES string of the molecule is [C-]#[N+]c1cc(N)c(Cl)cc1C. The van der Waals surface area contributed by atoms with E-state index >= 15 is 0 Å². The number of nitrogen functional groups attached to an aromatic ring is 1. The minimum atomic E-state index is 0.461. The van der Waals surface area contributed by atoms with Crippen molar-refractivity contribution in [2.24, 2.45) is 0 Å². The third kappa shape index (κ3) is 1.44. The van der Waals surface area contributed by atoms with Crippen molar-refractivity contribution in [3.63, 3.8) is 0 Å². The first kappa shape index (κ1) is 7.90. The lowest BCUT2D eigenvalue weighted by Crippen LogP contribution is -1.86. The molecule has 0 amide bonds. The van der Waals surface area contributed by atoms with Crippen LogP contribution in [0.1, 0.15) is 5.56 Å². The Balaban J connectivity index is 3.35. The first-order chi connectivity index (χ1) is 5.15. The van der Waals surface area contributed by atoms with Gasteiger partial charge in [0.25, 0.3) is 0 Å². The predicted octanol–water partition coefficient (Wildman–Crippen LogP) is 2.78. The molecule has 0 fully saturated rings. The van der Waals surface area contributed by atoms with Crippen molar-refractivity contribution in [2.45, 2.75) is 6.92 Å². The van der Waals surface area contributed by atoms with Gasteiger partial charge in [-0.05, 0) is 24.6 Å². The maximum absolute atomic E-state index is 6.78. The molecular weight excluding hydrogens is 160 g/mol. The molecule has 1 aromatic rings. The summed E-state index contributed by atoms with van der Waals surface area (Å²) >= 11 is 5.72. The Bertz CT molecular complexity index is 326. The average Bonchev–Trinajstić information content (AvgIpc) is 1.97. The third-order valence-electron chi connectivity index (χ3n) is 1.44. The topological polar surface area (TPSA) is 30.4 Å². The molecule has 0 saturated heterocycles. The zero-order chi connectivity index (χ0) is 8.43. The molecule has 11 heavy (non-hydrogen) atoms. The van der Waals surface area contributed by atoms with E-state index in [1.54, 1.807) is 12.1 Å². The van der Waals surface area contributed by atoms with Gasteiger partial charge in [0.1, 0.15) is 0 Å². The van der Waals surface area contributed by atoms with Gasteiger partial charge in [0.05, 0.1) is 11.6 Å². The van der Waals surface area contributed by atoms with Crippen LogP contribution in [0.3, 0.4) is 0 Å². The second-order valence-electron chi connectivity index (χ2n) is 2.27. The van der Waals surface area contributed by atoms with E-state index in [9.17, 15) is 0 Å². The number of halogens is 1. The fourth-order valence-corrected chi connectivity index (χ4v) is 1.02.